The molecule has 0 aliphatic heterocycles. The third-order valence-corrected chi connectivity index (χ3v) is 3.64. The molecule has 0 atom stereocenters. The number of hydrogen-bond acceptors (Lipinski definition) is 2. The summed E-state index contributed by atoms with van der Waals surface area (Å²) < 4.78 is 8.41. The average Bonchev–Trinajstić information content (AvgIpc) is 2.53. The highest BCUT2D eigenvalue weighted by molar-refractivity contribution is 9.10. The van der Waals surface area contributed by atoms with E-state index < -0.39 is 0 Å². The van der Waals surface area contributed by atoms with Gasteiger partial charge in [-0.3, -0.25) is 0 Å². The van der Waals surface area contributed by atoms with E-state index in [9.17, 15) is 0 Å². The molecule has 0 saturated carbocycles. The van der Waals surface area contributed by atoms with Crippen LogP contribution in [0.1, 0.15) is 11.4 Å². The van der Waals surface area contributed by atoms with Crippen LogP contribution in [0.25, 0.3) is 5.69 Å². The zero-order valence-electron chi connectivity index (χ0n) is 10.1. The number of aryl methyl sites for hydroxylation is 1. The fourth-order valence-corrected chi connectivity index (χ4v) is 2.49. The molecule has 0 radical (unpaired) electrons. The molecule has 2 N–H and O–H groups in total. The van der Waals surface area contributed by atoms with Crippen molar-refractivity contribution in [1.29, 1.82) is 0 Å². The van der Waals surface area contributed by atoms with Crippen molar-refractivity contribution < 1.29 is 4.74 Å². The number of methoxy groups -OCH3 is 1. The van der Waals surface area contributed by atoms with Gasteiger partial charge in [0.25, 0.3) is 0 Å². The van der Waals surface area contributed by atoms with Gasteiger partial charge in [0.05, 0.1) is 12.8 Å². The van der Waals surface area contributed by atoms with Gasteiger partial charge in [-0.1, -0.05) is 0 Å². The fraction of sp³-hybridized carbons (Fsp3) is 0.231. The number of nitrogens with two attached hydrogens (primary N) is 1. The molecule has 1 aromatic carbocycles. The van der Waals surface area contributed by atoms with E-state index >= 15 is 0 Å². The predicted octanol–water partition coefficient (Wildman–Crippen LogP) is 3.45. The van der Waals surface area contributed by atoms with E-state index in [0.717, 1.165) is 15.9 Å². The molecule has 90 valence electrons. The highest BCUT2D eigenvalue weighted by Crippen LogP contribution is 2.29. The minimum absolute atomic E-state index is 0.647. The van der Waals surface area contributed by atoms with E-state index in [-0.39, 0.29) is 0 Å². The fourth-order valence-electron chi connectivity index (χ4n) is 1.98. The number of anilines is 1. The standard InChI is InChI=1S/C13H15BrN2O/c1-8-6-11(14)9(2)16(8)10-4-5-13(17-3)12(15)7-10/h4-7H,15H2,1-3H3. The van der Waals surface area contributed by atoms with E-state index in [1.165, 1.54) is 5.69 Å². The lowest BCUT2D eigenvalue weighted by Gasteiger charge is -2.12. The largest absolute Gasteiger partial charge is 0.495 e. The first-order chi connectivity index (χ1) is 8.04. The number of nitrogens with zero attached hydrogens (tertiary/aromatic N) is 1. The number of benzene rings is 1. The molecule has 0 bridgehead atoms. The summed E-state index contributed by atoms with van der Waals surface area (Å²) in [5.41, 5.74) is 9.94. The summed E-state index contributed by atoms with van der Waals surface area (Å²) in [6, 6.07) is 7.90. The van der Waals surface area contributed by atoms with Gasteiger partial charge in [0.15, 0.2) is 0 Å². The number of aromatic nitrogens is 1. The second kappa shape index (κ2) is 4.45. The maximum atomic E-state index is 5.93. The zero-order chi connectivity index (χ0) is 12.6. The van der Waals surface area contributed by atoms with Crippen LogP contribution in [0.2, 0.25) is 0 Å². The second-order valence-corrected chi connectivity index (χ2v) is 4.84. The normalized spacial score (nSPS) is 10.6. The van der Waals surface area contributed by atoms with Crippen LogP contribution < -0.4 is 10.5 Å². The van der Waals surface area contributed by atoms with Gasteiger partial charge in [0.2, 0.25) is 0 Å². The lowest BCUT2D eigenvalue weighted by Crippen LogP contribution is -2.01. The molecular formula is C13H15BrN2O. The molecule has 17 heavy (non-hydrogen) atoms. The van der Waals surface area contributed by atoms with Crippen LogP contribution in [0.3, 0.4) is 0 Å². The van der Waals surface area contributed by atoms with E-state index in [1.807, 2.05) is 18.2 Å². The van der Waals surface area contributed by atoms with Crippen LogP contribution in [-0.2, 0) is 0 Å². The Morgan fingerprint density at radius 1 is 1.24 bits per heavy atom. The molecule has 0 amide bonds. The molecule has 2 aromatic rings. The van der Waals surface area contributed by atoms with Crippen molar-refractivity contribution in [2.24, 2.45) is 0 Å². The molecule has 0 saturated heterocycles. The van der Waals surface area contributed by atoms with Crippen molar-refractivity contribution in [2.45, 2.75) is 13.8 Å². The van der Waals surface area contributed by atoms with Crippen molar-refractivity contribution in [3.8, 4) is 11.4 Å². The van der Waals surface area contributed by atoms with Gasteiger partial charge < -0.3 is 15.0 Å². The molecule has 0 aliphatic carbocycles. The van der Waals surface area contributed by atoms with Crippen molar-refractivity contribution in [3.05, 3.63) is 40.1 Å². The zero-order valence-corrected chi connectivity index (χ0v) is 11.7. The first-order valence-corrected chi connectivity index (χ1v) is 6.12. The maximum Gasteiger partial charge on any atom is 0.141 e. The molecule has 1 heterocycles. The van der Waals surface area contributed by atoms with Gasteiger partial charge >= 0.3 is 0 Å². The number of halogens is 1. The molecule has 3 nitrogen and oxygen atoms in total. The Morgan fingerprint density at radius 3 is 2.41 bits per heavy atom. The van der Waals surface area contributed by atoms with E-state index in [1.54, 1.807) is 7.11 Å². The lowest BCUT2D eigenvalue weighted by molar-refractivity contribution is 0.417. The van der Waals surface area contributed by atoms with Gasteiger partial charge in [-0.25, -0.2) is 0 Å². The number of nitrogen functional groups attached to an aromatic ring is 1. The van der Waals surface area contributed by atoms with Crippen molar-refractivity contribution in [1.82, 2.24) is 4.57 Å². The Morgan fingerprint density at radius 2 is 1.94 bits per heavy atom. The smallest absolute Gasteiger partial charge is 0.141 e. The second-order valence-electron chi connectivity index (χ2n) is 3.98. The van der Waals surface area contributed by atoms with Crippen LogP contribution in [0.4, 0.5) is 5.69 Å². The summed E-state index contributed by atoms with van der Waals surface area (Å²) in [4.78, 5) is 0. The Labute approximate surface area is 109 Å². The maximum absolute atomic E-state index is 5.93. The van der Waals surface area contributed by atoms with E-state index in [4.69, 9.17) is 10.5 Å². The molecule has 1 aromatic heterocycles. The highest BCUT2D eigenvalue weighted by Gasteiger charge is 2.10. The monoisotopic (exact) mass is 294 g/mol. The van der Waals surface area contributed by atoms with Gasteiger partial charge in [-0.2, -0.15) is 0 Å². The first kappa shape index (κ1) is 12.0. The van der Waals surface area contributed by atoms with Crippen LogP contribution in [-0.4, -0.2) is 11.7 Å². The molecule has 2 rings (SSSR count). The SMILES string of the molecule is COc1ccc(-n2c(C)cc(Br)c2C)cc1N. The summed E-state index contributed by atoms with van der Waals surface area (Å²) >= 11 is 3.53. The van der Waals surface area contributed by atoms with Crippen LogP contribution in [0, 0.1) is 13.8 Å². The average molecular weight is 295 g/mol. The first-order valence-electron chi connectivity index (χ1n) is 5.33. The topological polar surface area (TPSA) is 40.2 Å². The summed E-state index contributed by atoms with van der Waals surface area (Å²) in [5.74, 6) is 0.704. The number of ether oxygens (including phenoxy) is 1. The molecule has 0 spiro atoms. The van der Waals surface area contributed by atoms with E-state index in [2.05, 4.69) is 40.4 Å². The summed E-state index contributed by atoms with van der Waals surface area (Å²) in [7, 11) is 1.62. The Kier molecular flexibility index (Phi) is 3.15. The predicted molar refractivity (Wildman–Crippen MR) is 73.9 cm³/mol. The summed E-state index contributed by atoms with van der Waals surface area (Å²) in [6.45, 7) is 4.13. The molecule has 4 heteroatoms. The summed E-state index contributed by atoms with van der Waals surface area (Å²) in [5, 5.41) is 0. The number of rotatable bonds is 2. The van der Waals surface area contributed by atoms with Crippen LogP contribution in [0.15, 0.2) is 28.7 Å². The van der Waals surface area contributed by atoms with Gasteiger partial charge in [0.1, 0.15) is 5.75 Å². The number of hydrogen-bond donors (Lipinski definition) is 1. The van der Waals surface area contributed by atoms with Crippen molar-refractivity contribution in [3.63, 3.8) is 0 Å². The van der Waals surface area contributed by atoms with Gasteiger partial charge in [0, 0.05) is 21.5 Å². The van der Waals surface area contributed by atoms with Crippen molar-refractivity contribution in [2.75, 3.05) is 12.8 Å². The third kappa shape index (κ3) is 2.05. The third-order valence-electron chi connectivity index (χ3n) is 2.84. The van der Waals surface area contributed by atoms with Gasteiger partial charge in [-0.05, 0) is 54.0 Å². The lowest BCUT2D eigenvalue weighted by atomic mass is 10.2. The minimum atomic E-state index is 0.647. The van der Waals surface area contributed by atoms with Crippen LogP contribution >= 0.6 is 15.9 Å². The Bertz CT molecular complexity index is 561. The minimum Gasteiger partial charge on any atom is -0.495 e. The van der Waals surface area contributed by atoms with Crippen molar-refractivity contribution >= 4 is 21.6 Å². The van der Waals surface area contributed by atoms with Gasteiger partial charge in [-0.15, -0.1) is 0 Å². The van der Waals surface area contributed by atoms with Crippen LogP contribution in [0.5, 0.6) is 5.75 Å². The molecular weight excluding hydrogens is 280 g/mol. The van der Waals surface area contributed by atoms with E-state index in [0.29, 0.717) is 11.4 Å². The summed E-state index contributed by atoms with van der Waals surface area (Å²) in [6.07, 6.45) is 0. The Balaban J connectivity index is 2.57. The molecule has 0 fully saturated rings. The highest BCUT2D eigenvalue weighted by atomic mass is 79.9. The molecule has 0 aliphatic rings. The Hall–Kier alpha value is -1.42. The quantitative estimate of drug-likeness (QED) is 0.862. The molecule has 0 unspecified atom stereocenters.